The predicted molar refractivity (Wildman–Crippen MR) is 84.5 cm³/mol. The Kier molecular flexibility index (Phi) is 5.57. The van der Waals surface area contributed by atoms with Crippen molar-refractivity contribution in [2.24, 2.45) is 17.4 Å². The van der Waals surface area contributed by atoms with Crippen LogP contribution in [0.5, 0.6) is 0 Å². The van der Waals surface area contributed by atoms with Crippen LogP contribution in [-0.2, 0) is 5.41 Å². The maximum absolute atomic E-state index is 5.77. The van der Waals surface area contributed by atoms with Crippen LogP contribution in [0.3, 0.4) is 0 Å². The smallest absolute Gasteiger partial charge is 0.00366 e. The van der Waals surface area contributed by atoms with Gasteiger partial charge in [0.25, 0.3) is 0 Å². The highest BCUT2D eigenvalue weighted by Gasteiger charge is 2.18. The van der Waals surface area contributed by atoms with Gasteiger partial charge in [0.15, 0.2) is 0 Å². The van der Waals surface area contributed by atoms with Crippen LogP contribution in [-0.4, -0.2) is 13.1 Å². The summed E-state index contributed by atoms with van der Waals surface area (Å²) >= 11 is 0. The van der Waals surface area contributed by atoms with Crippen LogP contribution in [0.1, 0.15) is 56.7 Å². The summed E-state index contributed by atoms with van der Waals surface area (Å²) in [5, 5.41) is 0. The minimum absolute atomic E-state index is 0.198. The van der Waals surface area contributed by atoms with Crippen LogP contribution in [0, 0.1) is 12.8 Å². The molecule has 4 N–H and O–H groups in total. The summed E-state index contributed by atoms with van der Waals surface area (Å²) in [6.07, 6.45) is 1.07. The van der Waals surface area contributed by atoms with Gasteiger partial charge in [-0.05, 0) is 60.4 Å². The first-order chi connectivity index (χ1) is 8.79. The average Bonchev–Trinajstić information content (AvgIpc) is 2.34. The van der Waals surface area contributed by atoms with E-state index in [4.69, 9.17) is 11.5 Å². The highest BCUT2D eigenvalue weighted by atomic mass is 14.6. The van der Waals surface area contributed by atoms with Crippen LogP contribution in [0.2, 0.25) is 0 Å². The number of benzene rings is 1. The van der Waals surface area contributed by atoms with Gasteiger partial charge in [-0.3, -0.25) is 0 Å². The lowest BCUT2D eigenvalue weighted by atomic mass is 9.81. The summed E-state index contributed by atoms with van der Waals surface area (Å²) in [5.41, 5.74) is 15.9. The highest BCUT2D eigenvalue weighted by Crippen LogP contribution is 2.30. The molecule has 19 heavy (non-hydrogen) atoms. The van der Waals surface area contributed by atoms with Crippen LogP contribution in [0.25, 0.3) is 0 Å². The maximum Gasteiger partial charge on any atom is -0.00366 e. The Morgan fingerprint density at radius 2 is 1.68 bits per heavy atom. The average molecular weight is 262 g/mol. The molecule has 0 aliphatic heterocycles. The second-order valence-electron chi connectivity index (χ2n) is 6.80. The van der Waals surface area contributed by atoms with Gasteiger partial charge < -0.3 is 11.5 Å². The molecule has 0 radical (unpaired) electrons. The normalized spacial score (nSPS) is 13.9. The quantitative estimate of drug-likeness (QED) is 0.855. The third-order valence-electron chi connectivity index (χ3n) is 4.03. The lowest BCUT2D eigenvalue weighted by Crippen LogP contribution is -2.25. The summed E-state index contributed by atoms with van der Waals surface area (Å²) in [6.45, 7) is 12.6. The monoisotopic (exact) mass is 262 g/mol. The van der Waals surface area contributed by atoms with Crippen molar-refractivity contribution in [3.8, 4) is 0 Å². The van der Waals surface area contributed by atoms with E-state index in [9.17, 15) is 0 Å². The van der Waals surface area contributed by atoms with Crippen molar-refractivity contribution in [2.45, 2.75) is 52.4 Å². The van der Waals surface area contributed by atoms with Gasteiger partial charge in [0, 0.05) is 0 Å². The minimum atomic E-state index is 0.198. The first-order valence-electron chi connectivity index (χ1n) is 7.30. The number of nitrogens with two attached hydrogens (primary N) is 2. The summed E-state index contributed by atoms with van der Waals surface area (Å²) in [7, 11) is 0. The van der Waals surface area contributed by atoms with Gasteiger partial charge in [-0.1, -0.05) is 45.9 Å². The third kappa shape index (κ3) is 4.32. The molecule has 1 unspecified atom stereocenters. The van der Waals surface area contributed by atoms with Gasteiger partial charge in [0.1, 0.15) is 0 Å². The zero-order valence-corrected chi connectivity index (χ0v) is 13.2. The first kappa shape index (κ1) is 16.2. The molecule has 0 aromatic heterocycles. The van der Waals surface area contributed by atoms with E-state index in [-0.39, 0.29) is 5.41 Å². The molecule has 0 aliphatic carbocycles. The molecule has 1 rings (SSSR count). The van der Waals surface area contributed by atoms with Gasteiger partial charge in [-0.15, -0.1) is 0 Å². The molecule has 1 aromatic carbocycles. The van der Waals surface area contributed by atoms with Crippen LogP contribution in [0.15, 0.2) is 18.2 Å². The fourth-order valence-corrected chi connectivity index (χ4v) is 2.55. The molecule has 0 saturated carbocycles. The maximum atomic E-state index is 5.77. The summed E-state index contributed by atoms with van der Waals surface area (Å²) in [6, 6.07) is 6.85. The van der Waals surface area contributed by atoms with E-state index in [1.807, 2.05) is 0 Å². The van der Waals surface area contributed by atoms with E-state index in [2.05, 4.69) is 52.8 Å². The predicted octanol–water partition coefficient (Wildman–Crippen LogP) is 3.32. The highest BCUT2D eigenvalue weighted by molar-refractivity contribution is 5.36. The van der Waals surface area contributed by atoms with E-state index in [0.717, 1.165) is 6.42 Å². The molecule has 0 amide bonds. The van der Waals surface area contributed by atoms with Crippen molar-refractivity contribution in [2.75, 3.05) is 13.1 Å². The fourth-order valence-electron chi connectivity index (χ4n) is 2.55. The second kappa shape index (κ2) is 6.53. The molecule has 0 aliphatic rings. The van der Waals surface area contributed by atoms with Gasteiger partial charge in [0.2, 0.25) is 0 Å². The van der Waals surface area contributed by atoms with E-state index in [1.165, 1.54) is 16.7 Å². The van der Waals surface area contributed by atoms with E-state index in [1.54, 1.807) is 0 Å². The molecule has 0 fully saturated rings. The summed E-state index contributed by atoms with van der Waals surface area (Å²) < 4.78 is 0. The number of hydrogen-bond acceptors (Lipinski definition) is 2. The standard InChI is InChI=1S/C17H30N2/c1-12-6-7-15(17(3,4)5)9-16(12)13(2)8-14(10-18)11-19/h6-7,9,13-14H,8,10-11,18-19H2,1-5H3. The molecule has 108 valence electrons. The molecule has 0 saturated heterocycles. The van der Waals surface area contributed by atoms with Crippen molar-refractivity contribution in [3.05, 3.63) is 34.9 Å². The van der Waals surface area contributed by atoms with Crippen LogP contribution >= 0.6 is 0 Å². The SMILES string of the molecule is Cc1ccc(C(C)(C)C)cc1C(C)CC(CN)CN. The van der Waals surface area contributed by atoms with Gasteiger partial charge in [-0.2, -0.15) is 0 Å². The summed E-state index contributed by atoms with van der Waals surface area (Å²) in [5.74, 6) is 0.937. The van der Waals surface area contributed by atoms with Crippen LogP contribution in [0.4, 0.5) is 0 Å². The lowest BCUT2D eigenvalue weighted by Gasteiger charge is -2.24. The molecule has 0 spiro atoms. The third-order valence-corrected chi connectivity index (χ3v) is 4.03. The van der Waals surface area contributed by atoms with Crippen molar-refractivity contribution in [1.29, 1.82) is 0 Å². The Bertz CT molecular complexity index is 400. The Balaban J connectivity index is 2.98. The molecular formula is C17H30N2. The fraction of sp³-hybridized carbons (Fsp3) is 0.647. The Morgan fingerprint density at radius 3 is 2.16 bits per heavy atom. The molecule has 2 nitrogen and oxygen atoms in total. The van der Waals surface area contributed by atoms with E-state index in [0.29, 0.717) is 24.9 Å². The zero-order valence-electron chi connectivity index (χ0n) is 13.2. The lowest BCUT2D eigenvalue weighted by molar-refractivity contribution is 0.464. The van der Waals surface area contributed by atoms with Gasteiger partial charge in [-0.25, -0.2) is 0 Å². The number of aryl methyl sites for hydroxylation is 1. The Morgan fingerprint density at radius 1 is 1.11 bits per heavy atom. The first-order valence-corrected chi connectivity index (χ1v) is 7.30. The van der Waals surface area contributed by atoms with Crippen LogP contribution < -0.4 is 11.5 Å². The molecule has 0 heterocycles. The molecular weight excluding hydrogens is 232 g/mol. The van der Waals surface area contributed by atoms with Gasteiger partial charge in [0.05, 0.1) is 0 Å². The molecule has 2 heteroatoms. The molecule has 1 aromatic rings. The zero-order chi connectivity index (χ0) is 14.6. The number of rotatable bonds is 5. The topological polar surface area (TPSA) is 52.0 Å². The summed E-state index contributed by atoms with van der Waals surface area (Å²) in [4.78, 5) is 0. The number of hydrogen-bond donors (Lipinski definition) is 2. The van der Waals surface area contributed by atoms with E-state index < -0.39 is 0 Å². The van der Waals surface area contributed by atoms with Gasteiger partial charge >= 0.3 is 0 Å². The Labute approximate surface area is 118 Å². The minimum Gasteiger partial charge on any atom is -0.330 e. The molecule has 1 atom stereocenters. The van der Waals surface area contributed by atoms with Crippen molar-refractivity contribution in [3.63, 3.8) is 0 Å². The largest absolute Gasteiger partial charge is 0.330 e. The second-order valence-corrected chi connectivity index (χ2v) is 6.80. The Hall–Kier alpha value is -0.860. The van der Waals surface area contributed by atoms with Crippen molar-refractivity contribution < 1.29 is 0 Å². The van der Waals surface area contributed by atoms with Crippen molar-refractivity contribution in [1.82, 2.24) is 0 Å². The van der Waals surface area contributed by atoms with Crippen molar-refractivity contribution >= 4 is 0 Å². The van der Waals surface area contributed by atoms with E-state index >= 15 is 0 Å². The molecule has 0 bridgehead atoms.